The molecule has 1 rings (SSSR count). The van der Waals surface area contributed by atoms with Crippen LogP contribution in [-0.4, -0.2) is 54.7 Å². The van der Waals surface area contributed by atoms with Gasteiger partial charge in [-0.15, -0.1) is 0 Å². The molecule has 19 heavy (non-hydrogen) atoms. The first kappa shape index (κ1) is 15.8. The molecule has 2 unspecified atom stereocenters. The second-order valence-corrected chi connectivity index (χ2v) is 5.34. The topological polar surface area (TPSA) is 81.7 Å². The van der Waals surface area contributed by atoms with E-state index in [-0.39, 0.29) is 18.4 Å². The number of hydrogen-bond acceptors (Lipinski definition) is 3. The lowest BCUT2D eigenvalue weighted by atomic mass is 10.1. The molecule has 1 fully saturated rings. The van der Waals surface area contributed by atoms with Gasteiger partial charge in [0.2, 0.25) is 0 Å². The number of hydrogen-bond donors (Lipinski definition) is 3. The molecule has 1 aliphatic rings. The molecule has 0 bridgehead atoms. The highest BCUT2D eigenvalue weighted by molar-refractivity contribution is 5.74. The molecule has 2 atom stereocenters. The first-order chi connectivity index (χ1) is 9.01. The third kappa shape index (κ3) is 6.42. The van der Waals surface area contributed by atoms with Crippen LogP contribution >= 0.6 is 0 Å². The molecule has 1 saturated heterocycles. The van der Waals surface area contributed by atoms with Crippen molar-refractivity contribution in [1.29, 1.82) is 0 Å². The number of carboxylic acids is 1. The summed E-state index contributed by atoms with van der Waals surface area (Å²) in [7, 11) is 0. The van der Waals surface area contributed by atoms with Gasteiger partial charge in [-0.05, 0) is 31.3 Å². The third-order valence-corrected chi connectivity index (χ3v) is 3.50. The van der Waals surface area contributed by atoms with Crippen molar-refractivity contribution in [1.82, 2.24) is 15.5 Å². The minimum atomic E-state index is -0.833. The van der Waals surface area contributed by atoms with Gasteiger partial charge in [-0.2, -0.15) is 0 Å². The number of rotatable bonds is 7. The summed E-state index contributed by atoms with van der Waals surface area (Å²) in [6, 6.07) is -0.202. The molecule has 0 saturated carbocycles. The standard InChI is InChI=1S/C13H25N3O3/c1-3-16-5-4-11(9-16)8-15-13(19)14-7-10(2)6-12(17)18/h10-11H,3-9H2,1-2H3,(H,17,18)(H2,14,15,19). The largest absolute Gasteiger partial charge is 0.481 e. The predicted molar refractivity (Wildman–Crippen MR) is 73.0 cm³/mol. The predicted octanol–water partition coefficient (Wildman–Crippen LogP) is 0.738. The lowest BCUT2D eigenvalue weighted by Crippen LogP contribution is -2.40. The zero-order valence-corrected chi connectivity index (χ0v) is 11.8. The van der Waals surface area contributed by atoms with E-state index in [0.29, 0.717) is 19.0 Å². The SMILES string of the molecule is CCN1CCC(CNC(=O)NCC(C)CC(=O)O)C1. The summed E-state index contributed by atoms with van der Waals surface area (Å²) in [5, 5.41) is 14.2. The van der Waals surface area contributed by atoms with Crippen molar-refractivity contribution >= 4 is 12.0 Å². The summed E-state index contributed by atoms with van der Waals surface area (Å²) in [5.74, 6) is -0.354. The lowest BCUT2D eigenvalue weighted by Gasteiger charge is -2.15. The van der Waals surface area contributed by atoms with E-state index in [4.69, 9.17) is 5.11 Å². The summed E-state index contributed by atoms with van der Waals surface area (Å²) in [5.41, 5.74) is 0. The average Bonchev–Trinajstić information content (AvgIpc) is 2.81. The maximum atomic E-state index is 11.6. The van der Waals surface area contributed by atoms with Gasteiger partial charge in [0.05, 0.1) is 0 Å². The van der Waals surface area contributed by atoms with Crippen molar-refractivity contribution in [2.45, 2.75) is 26.7 Å². The zero-order valence-electron chi connectivity index (χ0n) is 11.8. The highest BCUT2D eigenvalue weighted by Crippen LogP contribution is 2.14. The molecular weight excluding hydrogens is 246 g/mol. The smallest absolute Gasteiger partial charge is 0.314 e. The van der Waals surface area contributed by atoms with Crippen LogP contribution in [0.5, 0.6) is 0 Å². The van der Waals surface area contributed by atoms with Gasteiger partial charge in [0.15, 0.2) is 0 Å². The van der Waals surface area contributed by atoms with Crippen LogP contribution in [0.3, 0.4) is 0 Å². The Bertz CT molecular complexity index is 310. The van der Waals surface area contributed by atoms with E-state index >= 15 is 0 Å². The highest BCUT2D eigenvalue weighted by Gasteiger charge is 2.21. The maximum absolute atomic E-state index is 11.6. The normalized spacial score (nSPS) is 21.1. The Balaban J connectivity index is 2.10. The van der Waals surface area contributed by atoms with Crippen LogP contribution in [0, 0.1) is 11.8 Å². The number of nitrogens with zero attached hydrogens (tertiary/aromatic N) is 1. The van der Waals surface area contributed by atoms with E-state index in [1.807, 2.05) is 6.92 Å². The minimum absolute atomic E-state index is 0.0506. The zero-order chi connectivity index (χ0) is 14.3. The van der Waals surface area contributed by atoms with E-state index in [2.05, 4.69) is 22.5 Å². The van der Waals surface area contributed by atoms with Crippen LogP contribution in [0.15, 0.2) is 0 Å². The number of amides is 2. The molecular formula is C13H25N3O3. The van der Waals surface area contributed by atoms with Gasteiger partial charge in [-0.3, -0.25) is 4.79 Å². The van der Waals surface area contributed by atoms with Crippen LogP contribution in [-0.2, 0) is 4.79 Å². The number of carbonyl (C=O) groups is 2. The number of carboxylic acid groups (broad SMARTS) is 1. The summed E-state index contributed by atoms with van der Waals surface area (Å²) < 4.78 is 0. The van der Waals surface area contributed by atoms with Crippen LogP contribution in [0.4, 0.5) is 4.79 Å². The number of urea groups is 1. The molecule has 6 heteroatoms. The van der Waals surface area contributed by atoms with Crippen molar-refractivity contribution in [2.75, 3.05) is 32.7 Å². The van der Waals surface area contributed by atoms with Crippen molar-refractivity contribution < 1.29 is 14.7 Å². The Labute approximate surface area is 114 Å². The number of aliphatic carboxylic acids is 1. The van der Waals surface area contributed by atoms with E-state index < -0.39 is 5.97 Å². The van der Waals surface area contributed by atoms with Gasteiger partial charge >= 0.3 is 12.0 Å². The molecule has 1 heterocycles. The molecule has 0 radical (unpaired) electrons. The summed E-state index contributed by atoms with van der Waals surface area (Å²) >= 11 is 0. The van der Waals surface area contributed by atoms with Gasteiger partial charge in [0.1, 0.15) is 0 Å². The van der Waals surface area contributed by atoms with Crippen LogP contribution < -0.4 is 10.6 Å². The fourth-order valence-corrected chi connectivity index (χ4v) is 2.30. The molecule has 110 valence electrons. The lowest BCUT2D eigenvalue weighted by molar-refractivity contribution is -0.137. The van der Waals surface area contributed by atoms with Gasteiger partial charge in [-0.1, -0.05) is 13.8 Å². The Morgan fingerprint density at radius 2 is 2.16 bits per heavy atom. The molecule has 0 aliphatic carbocycles. The summed E-state index contributed by atoms with van der Waals surface area (Å²) in [6.45, 7) is 8.26. The van der Waals surface area contributed by atoms with Crippen LogP contribution in [0.1, 0.15) is 26.7 Å². The fraction of sp³-hybridized carbons (Fsp3) is 0.846. The van der Waals surface area contributed by atoms with Gasteiger partial charge in [-0.25, -0.2) is 4.79 Å². The summed E-state index contributed by atoms with van der Waals surface area (Å²) in [4.78, 5) is 24.4. The van der Waals surface area contributed by atoms with Gasteiger partial charge in [0, 0.05) is 26.1 Å². The molecule has 1 aliphatic heterocycles. The molecule has 6 nitrogen and oxygen atoms in total. The van der Waals surface area contributed by atoms with Crippen molar-refractivity contribution in [3.8, 4) is 0 Å². The highest BCUT2D eigenvalue weighted by atomic mass is 16.4. The van der Waals surface area contributed by atoms with Crippen molar-refractivity contribution in [2.24, 2.45) is 11.8 Å². The number of nitrogens with one attached hydrogen (secondary N) is 2. The number of likely N-dealkylation sites (tertiary alicyclic amines) is 1. The molecule has 0 aromatic rings. The van der Waals surface area contributed by atoms with E-state index in [0.717, 1.165) is 26.1 Å². The maximum Gasteiger partial charge on any atom is 0.314 e. The average molecular weight is 271 g/mol. The van der Waals surface area contributed by atoms with Crippen LogP contribution in [0.2, 0.25) is 0 Å². The quantitative estimate of drug-likeness (QED) is 0.638. The second-order valence-electron chi connectivity index (χ2n) is 5.34. The van der Waals surface area contributed by atoms with E-state index in [1.165, 1.54) is 0 Å². The van der Waals surface area contributed by atoms with E-state index in [9.17, 15) is 9.59 Å². The molecule has 0 aromatic heterocycles. The van der Waals surface area contributed by atoms with Crippen molar-refractivity contribution in [3.63, 3.8) is 0 Å². The Morgan fingerprint density at radius 3 is 2.74 bits per heavy atom. The fourth-order valence-electron chi connectivity index (χ4n) is 2.30. The Kier molecular flexibility index (Phi) is 6.62. The third-order valence-electron chi connectivity index (χ3n) is 3.50. The van der Waals surface area contributed by atoms with Gasteiger partial charge in [0.25, 0.3) is 0 Å². The number of carbonyl (C=O) groups excluding carboxylic acids is 1. The Hall–Kier alpha value is -1.30. The Morgan fingerprint density at radius 1 is 1.42 bits per heavy atom. The van der Waals surface area contributed by atoms with Gasteiger partial charge < -0.3 is 20.6 Å². The molecule has 3 N–H and O–H groups in total. The molecule has 2 amide bonds. The second kappa shape index (κ2) is 7.99. The molecule has 0 aromatic carbocycles. The summed E-state index contributed by atoms with van der Waals surface area (Å²) in [6.07, 6.45) is 1.21. The first-order valence-corrected chi connectivity index (χ1v) is 6.97. The van der Waals surface area contributed by atoms with Crippen LogP contribution in [0.25, 0.3) is 0 Å². The molecule has 0 spiro atoms. The van der Waals surface area contributed by atoms with Crippen molar-refractivity contribution in [3.05, 3.63) is 0 Å². The minimum Gasteiger partial charge on any atom is -0.481 e. The first-order valence-electron chi connectivity index (χ1n) is 6.97. The monoisotopic (exact) mass is 271 g/mol. The van der Waals surface area contributed by atoms with E-state index in [1.54, 1.807) is 0 Å².